The Bertz CT molecular complexity index is 770. The summed E-state index contributed by atoms with van der Waals surface area (Å²) in [4.78, 5) is 0.119. The smallest absolute Gasteiger partial charge is 0.243 e. The van der Waals surface area contributed by atoms with Gasteiger partial charge in [-0.15, -0.1) is 0 Å². The van der Waals surface area contributed by atoms with Gasteiger partial charge in [0.05, 0.1) is 28.5 Å². The Labute approximate surface area is 131 Å². The average Bonchev–Trinajstić information content (AvgIpc) is 2.66. The van der Waals surface area contributed by atoms with Crippen LogP contribution in [0.3, 0.4) is 0 Å². The maximum absolute atomic E-state index is 12.8. The van der Waals surface area contributed by atoms with Crippen molar-refractivity contribution in [2.45, 2.75) is 37.8 Å². The number of sulfone groups is 1. The molecule has 8 heteroatoms. The molecule has 2 rings (SSSR count). The molecule has 0 amide bonds. The molecule has 124 valence electrons. The van der Waals surface area contributed by atoms with E-state index in [0.29, 0.717) is 0 Å². The lowest BCUT2D eigenvalue weighted by atomic mass is 10.1. The number of likely N-dealkylation sites (N-methyl/N-ethyl adjacent to an activating group) is 1. The lowest BCUT2D eigenvalue weighted by molar-refractivity contribution is 0.130. The minimum atomic E-state index is -3.85. The first-order chi connectivity index (χ1) is 10.1. The standard InChI is InChI=1S/C14H21NO5S2/c1-4-15(13-8-21(17,18)9-14(13)16)22(19,20)12-6-5-10(2)11(3)7-12/h5-7,13-14,16H,4,8-9H2,1-3H3/t13-,14-/m1/s1. The minimum absolute atomic E-state index is 0.104. The normalized spacial score (nSPS) is 24.8. The highest BCUT2D eigenvalue weighted by molar-refractivity contribution is 7.92. The van der Waals surface area contributed by atoms with Crippen LogP contribution in [0.5, 0.6) is 0 Å². The zero-order chi connectivity index (χ0) is 16.7. The summed E-state index contributed by atoms with van der Waals surface area (Å²) in [5.74, 6) is -0.733. The second kappa shape index (κ2) is 5.92. The lowest BCUT2D eigenvalue weighted by Crippen LogP contribution is -2.46. The lowest BCUT2D eigenvalue weighted by Gasteiger charge is -2.28. The molecule has 0 saturated carbocycles. The molecule has 0 spiro atoms. The largest absolute Gasteiger partial charge is 0.390 e. The number of rotatable bonds is 4. The Morgan fingerprint density at radius 2 is 1.86 bits per heavy atom. The molecule has 0 aromatic heterocycles. The molecule has 0 aliphatic carbocycles. The van der Waals surface area contributed by atoms with Gasteiger partial charge in [-0.05, 0) is 37.1 Å². The summed E-state index contributed by atoms with van der Waals surface area (Å²) in [5.41, 5.74) is 1.82. The summed E-state index contributed by atoms with van der Waals surface area (Å²) >= 11 is 0. The molecule has 0 unspecified atom stereocenters. The fourth-order valence-corrected chi connectivity index (χ4v) is 6.32. The number of sulfonamides is 1. The molecule has 1 aliphatic heterocycles. The maximum Gasteiger partial charge on any atom is 0.243 e. The third kappa shape index (κ3) is 3.19. The summed E-state index contributed by atoms with van der Waals surface area (Å²) in [6.45, 7) is 5.44. The highest BCUT2D eigenvalue weighted by Crippen LogP contribution is 2.26. The fourth-order valence-electron chi connectivity index (χ4n) is 2.68. The molecular weight excluding hydrogens is 326 g/mol. The first kappa shape index (κ1) is 17.4. The minimum Gasteiger partial charge on any atom is -0.390 e. The van der Waals surface area contributed by atoms with Crippen molar-refractivity contribution >= 4 is 19.9 Å². The highest BCUT2D eigenvalue weighted by atomic mass is 32.2. The second-order valence-electron chi connectivity index (χ2n) is 5.67. The molecule has 6 nitrogen and oxygen atoms in total. The Kier molecular flexibility index (Phi) is 4.68. The van der Waals surface area contributed by atoms with Crippen molar-refractivity contribution in [1.29, 1.82) is 0 Å². The van der Waals surface area contributed by atoms with E-state index in [9.17, 15) is 21.9 Å². The van der Waals surface area contributed by atoms with E-state index in [4.69, 9.17) is 0 Å². The van der Waals surface area contributed by atoms with Crippen LogP contribution in [0.15, 0.2) is 23.1 Å². The molecule has 0 radical (unpaired) electrons. The number of benzene rings is 1. The summed E-state index contributed by atoms with van der Waals surface area (Å²) in [7, 11) is -7.26. The van der Waals surface area contributed by atoms with Gasteiger partial charge in [-0.3, -0.25) is 0 Å². The second-order valence-corrected chi connectivity index (χ2v) is 9.71. The molecule has 1 heterocycles. The number of hydrogen-bond donors (Lipinski definition) is 1. The van der Waals surface area contributed by atoms with Crippen LogP contribution >= 0.6 is 0 Å². The number of aryl methyl sites for hydroxylation is 2. The van der Waals surface area contributed by atoms with Crippen LogP contribution in [-0.2, 0) is 19.9 Å². The molecule has 1 N–H and O–H groups in total. The van der Waals surface area contributed by atoms with E-state index in [1.54, 1.807) is 19.1 Å². The molecule has 2 atom stereocenters. The van der Waals surface area contributed by atoms with Crippen LogP contribution < -0.4 is 0 Å². The van der Waals surface area contributed by atoms with Gasteiger partial charge in [-0.2, -0.15) is 4.31 Å². The van der Waals surface area contributed by atoms with Gasteiger partial charge in [0.25, 0.3) is 0 Å². The topological polar surface area (TPSA) is 91.8 Å². The van der Waals surface area contributed by atoms with Crippen molar-refractivity contribution < 1.29 is 21.9 Å². The predicted molar refractivity (Wildman–Crippen MR) is 83.9 cm³/mol. The Hall–Kier alpha value is -0.960. The SMILES string of the molecule is CCN([C@@H]1CS(=O)(=O)C[C@H]1O)S(=O)(=O)c1ccc(C)c(C)c1. The molecular formula is C14H21NO5S2. The Morgan fingerprint density at radius 3 is 2.32 bits per heavy atom. The monoisotopic (exact) mass is 347 g/mol. The van der Waals surface area contributed by atoms with Crippen LogP contribution in [0.4, 0.5) is 0 Å². The highest BCUT2D eigenvalue weighted by Gasteiger charge is 2.44. The van der Waals surface area contributed by atoms with E-state index in [1.165, 1.54) is 6.07 Å². The first-order valence-electron chi connectivity index (χ1n) is 7.06. The maximum atomic E-state index is 12.8. The van der Waals surface area contributed by atoms with E-state index in [0.717, 1.165) is 15.4 Å². The van der Waals surface area contributed by atoms with E-state index >= 15 is 0 Å². The Balaban J connectivity index is 2.43. The zero-order valence-electron chi connectivity index (χ0n) is 12.9. The third-order valence-electron chi connectivity index (χ3n) is 4.06. The third-order valence-corrected chi connectivity index (χ3v) is 7.75. The van der Waals surface area contributed by atoms with E-state index < -0.39 is 37.8 Å². The quantitative estimate of drug-likeness (QED) is 0.855. The van der Waals surface area contributed by atoms with Crippen LogP contribution in [0.2, 0.25) is 0 Å². The fraction of sp³-hybridized carbons (Fsp3) is 0.571. The van der Waals surface area contributed by atoms with Gasteiger partial charge in [0, 0.05) is 6.54 Å². The number of aliphatic hydroxyl groups is 1. The molecule has 22 heavy (non-hydrogen) atoms. The molecule has 1 fully saturated rings. The van der Waals surface area contributed by atoms with Gasteiger partial charge in [-0.1, -0.05) is 13.0 Å². The van der Waals surface area contributed by atoms with E-state index in [1.807, 2.05) is 13.8 Å². The average molecular weight is 347 g/mol. The number of hydrogen-bond acceptors (Lipinski definition) is 5. The van der Waals surface area contributed by atoms with Crippen molar-refractivity contribution in [1.82, 2.24) is 4.31 Å². The molecule has 1 aromatic rings. The van der Waals surface area contributed by atoms with Gasteiger partial charge in [-0.25, -0.2) is 16.8 Å². The Morgan fingerprint density at radius 1 is 1.23 bits per heavy atom. The van der Waals surface area contributed by atoms with Crippen LogP contribution in [-0.4, -0.2) is 56.4 Å². The van der Waals surface area contributed by atoms with Gasteiger partial charge in [0.15, 0.2) is 9.84 Å². The molecule has 0 bridgehead atoms. The van der Waals surface area contributed by atoms with E-state index in [2.05, 4.69) is 0 Å². The van der Waals surface area contributed by atoms with Crippen molar-refractivity contribution in [3.05, 3.63) is 29.3 Å². The molecule has 1 saturated heterocycles. The molecule has 1 aromatic carbocycles. The first-order valence-corrected chi connectivity index (χ1v) is 10.3. The molecule has 1 aliphatic rings. The van der Waals surface area contributed by atoms with Gasteiger partial charge in [0.2, 0.25) is 10.0 Å². The number of aliphatic hydroxyl groups excluding tert-OH is 1. The van der Waals surface area contributed by atoms with Crippen molar-refractivity contribution in [3.8, 4) is 0 Å². The van der Waals surface area contributed by atoms with Gasteiger partial charge in [0.1, 0.15) is 0 Å². The van der Waals surface area contributed by atoms with Gasteiger partial charge >= 0.3 is 0 Å². The van der Waals surface area contributed by atoms with Crippen LogP contribution in [0, 0.1) is 13.8 Å². The summed E-state index contributed by atoms with van der Waals surface area (Å²) < 4.78 is 50.0. The van der Waals surface area contributed by atoms with Crippen molar-refractivity contribution in [3.63, 3.8) is 0 Å². The van der Waals surface area contributed by atoms with Crippen LogP contribution in [0.25, 0.3) is 0 Å². The van der Waals surface area contributed by atoms with E-state index in [-0.39, 0.29) is 17.2 Å². The van der Waals surface area contributed by atoms with Gasteiger partial charge < -0.3 is 5.11 Å². The van der Waals surface area contributed by atoms with Crippen molar-refractivity contribution in [2.75, 3.05) is 18.1 Å². The van der Waals surface area contributed by atoms with Crippen LogP contribution in [0.1, 0.15) is 18.1 Å². The number of nitrogens with zero attached hydrogens (tertiary/aromatic N) is 1. The summed E-state index contributed by atoms with van der Waals surface area (Å²) in [6.07, 6.45) is -1.19. The zero-order valence-corrected chi connectivity index (χ0v) is 14.5. The predicted octanol–water partition coefficient (Wildman–Crippen LogP) is 0.472. The summed E-state index contributed by atoms with van der Waals surface area (Å²) in [5, 5.41) is 9.95. The summed E-state index contributed by atoms with van der Waals surface area (Å²) in [6, 6.07) is 3.87. The van der Waals surface area contributed by atoms with Crippen molar-refractivity contribution in [2.24, 2.45) is 0 Å².